The van der Waals surface area contributed by atoms with Gasteiger partial charge in [-0.3, -0.25) is 4.79 Å². The molecule has 0 radical (unpaired) electrons. The summed E-state index contributed by atoms with van der Waals surface area (Å²) in [4.78, 5) is 22.1. The van der Waals surface area contributed by atoms with E-state index >= 15 is 0 Å². The molecule has 0 aromatic heterocycles. The van der Waals surface area contributed by atoms with Crippen molar-refractivity contribution >= 4 is 23.3 Å². The fourth-order valence-corrected chi connectivity index (χ4v) is 1.15. The number of methoxy groups -OCH3 is 1. The molecule has 0 unspecified atom stereocenters. The summed E-state index contributed by atoms with van der Waals surface area (Å²) < 4.78 is 40.6. The molecule has 0 fully saturated rings. The third kappa shape index (κ3) is 3.12. The van der Waals surface area contributed by atoms with Crippen LogP contribution in [-0.2, 0) is 9.53 Å². The molecule has 0 spiro atoms. The summed E-state index contributed by atoms with van der Waals surface area (Å²) in [6, 6.07) is 3.50. The van der Waals surface area contributed by atoms with Gasteiger partial charge in [0.25, 0.3) is 0 Å². The lowest BCUT2D eigenvalue weighted by molar-refractivity contribution is -0.167. The Morgan fingerprint density at radius 3 is 2.44 bits per heavy atom. The lowest BCUT2D eigenvalue weighted by Crippen LogP contribution is -2.30. The van der Waals surface area contributed by atoms with E-state index in [1.807, 2.05) is 0 Å². The van der Waals surface area contributed by atoms with Crippen molar-refractivity contribution in [3.8, 4) is 0 Å². The van der Waals surface area contributed by atoms with Crippen molar-refractivity contribution in [2.24, 2.45) is 0 Å². The Labute approximate surface area is 99.7 Å². The molecule has 0 aliphatic carbocycles. The highest BCUT2D eigenvalue weighted by atomic mass is 19.4. The average molecular weight is 262 g/mol. The maximum Gasteiger partial charge on any atom is 0.471 e. The van der Waals surface area contributed by atoms with Crippen molar-refractivity contribution in [1.29, 1.82) is 0 Å². The first kappa shape index (κ1) is 13.8. The Balaban J connectivity index is 3.11. The number of amides is 1. The van der Waals surface area contributed by atoms with E-state index in [4.69, 9.17) is 5.73 Å². The van der Waals surface area contributed by atoms with Gasteiger partial charge in [-0.25, -0.2) is 4.79 Å². The SMILES string of the molecule is COC(=O)c1ccc(N)cc1NC(=O)C(F)(F)F. The Morgan fingerprint density at radius 1 is 1.33 bits per heavy atom. The molecule has 3 N–H and O–H groups in total. The molecule has 0 aliphatic heterocycles. The van der Waals surface area contributed by atoms with Crippen molar-refractivity contribution in [3.63, 3.8) is 0 Å². The van der Waals surface area contributed by atoms with Gasteiger partial charge in [0.05, 0.1) is 18.4 Å². The predicted octanol–water partition coefficient (Wildman–Crippen LogP) is 1.56. The van der Waals surface area contributed by atoms with E-state index in [1.54, 1.807) is 5.32 Å². The number of nitrogens with two attached hydrogens (primary N) is 1. The van der Waals surface area contributed by atoms with E-state index in [2.05, 4.69) is 4.74 Å². The van der Waals surface area contributed by atoms with E-state index in [9.17, 15) is 22.8 Å². The minimum Gasteiger partial charge on any atom is -0.465 e. The van der Waals surface area contributed by atoms with Crippen LogP contribution in [0.3, 0.4) is 0 Å². The summed E-state index contributed by atoms with van der Waals surface area (Å²) in [5, 5.41) is 1.56. The zero-order valence-corrected chi connectivity index (χ0v) is 9.17. The highest BCUT2D eigenvalue weighted by molar-refractivity contribution is 6.03. The van der Waals surface area contributed by atoms with E-state index in [0.29, 0.717) is 0 Å². The van der Waals surface area contributed by atoms with Crippen molar-refractivity contribution in [1.82, 2.24) is 0 Å². The van der Waals surface area contributed by atoms with E-state index in [0.717, 1.165) is 19.2 Å². The van der Waals surface area contributed by atoms with Gasteiger partial charge in [0.1, 0.15) is 0 Å². The molecule has 5 nitrogen and oxygen atoms in total. The van der Waals surface area contributed by atoms with Crippen molar-refractivity contribution in [3.05, 3.63) is 23.8 Å². The Hall–Kier alpha value is -2.25. The van der Waals surface area contributed by atoms with Crippen LogP contribution in [0.1, 0.15) is 10.4 Å². The van der Waals surface area contributed by atoms with Gasteiger partial charge in [0, 0.05) is 5.69 Å². The minimum absolute atomic E-state index is 0.0973. The van der Waals surface area contributed by atoms with Crippen molar-refractivity contribution in [2.45, 2.75) is 6.18 Å². The van der Waals surface area contributed by atoms with Crippen LogP contribution in [0.2, 0.25) is 0 Å². The lowest BCUT2D eigenvalue weighted by Gasteiger charge is -2.11. The van der Waals surface area contributed by atoms with Crippen LogP contribution in [0.25, 0.3) is 0 Å². The van der Waals surface area contributed by atoms with Crippen LogP contribution >= 0.6 is 0 Å². The second kappa shape index (κ2) is 4.94. The van der Waals surface area contributed by atoms with Crippen molar-refractivity contribution < 1.29 is 27.5 Å². The number of hydrogen-bond acceptors (Lipinski definition) is 4. The van der Waals surface area contributed by atoms with Crippen LogP contribution in [-0.4, -0.2) is 25.2 Å². The number of esters is 1. The second-order valence-electron chi connectivity index (χ2n) is 3.25. The summed E-state index contributed by atoms with van der Waals surface area (Å²) in [6.07, 6.45) is -5.06. The Bertz CT molecular complexity index is 486. The molecule has 1 rings (SSSR count). The maximum atomic E-state index is 12.1. The molecule has 1 aromatic rings. The number of rotatable bonds is 2. The highest BCUT2D eigenvalue weighted by Gasteiger charge is 2.39. The molecule has 18 heavy (non-hydrogen) atoms. The minimum atomic E-state index is -5.06. The molecule has 0 saturated carbocycles. The van der Waals surface area contributed by atoms with E-state index < -0.39 is 18.1 Å². The van der Waals surface area contributed by atoms with Gasteiger partial charge in [-0.1, -0.05) is 0 Å². The number of hydrogen-bond donors (Lipinski definition) is 2. The monoisotopic (exact) mass is 262 g/mol. The summed E-state index contributed by atoms with van der Waals surface area (Å²) in [5.41, 5.74) is 4.89. The number of carbonyl (C=O) groups is 2. The van der Waals surface area contributed by atoms with Gasteiger partial charge in [-0.05, 0) is 18.2 Å². The predicted molar refractivity (Wildman–Crippen MR) is 56.9 cm³/mol. The molecule has 8 heteroatoms. The largest absolute Gasteiger partial charge is 0.471 e. The van der Waals surface area contributed by atoms with E-state index in [1.165, 1.54) is 6.07 Å². The third-order valence-electron chi connectivity index (χ3n) is 1.95. The first-order valence-electron chi connectivity index (χ1n) is 4.61. The number of nitrogen functional groups attached to an aromatic ring is 1. The topological polar surface area (TPSA) is 81.4 Å². The second-order valence-corrected chi connectivity index (χ2v) is 3.25. The normalized spacial score (nSPS) is 10.9. The standard InChI is InChI=1S/C10H9F3N2O3/c1-18-8(16)6-3-2-5(14)4-7(6)15-9(17)10(11,12)13/h2-4H,14H2,1H3,(H,15,17). The van der Waals surface area contributed by atoms with Gasteiger partial charge in [-0.15, -0.1) is 0 Å². The molecule has 1 aromatic carbocycles. The van der Waals surface area contributed by atoms with Gasteiger partial charge in [-0.2, -0.15) is 13.2 Å². The molecule has 1 amide bonds. The quantitative estimate of drug-likeness (QED) is 0.626. The van der Waals surface area contributed by atoms with Crippen LogP contribution < -0.4 is 11.1 Å². The zero-order valence-electron chi connectivity index (χ0n) is 9.17. The zero-order chi connectivity index (χ0) is 13.9. The first-order valence-corrected chi connectivity index (χ1v) is 4.61. The highest BCUT2D eigenvalue weighted by Crippen LogP contribution is 2.23. The fourth-order valence-electron chi connectivity index (χ4n) is 1.15. The number of carbonyl (C=O) groups excluding carboxylic acids is 2. The summed E-state index contributed by atoms with van der Waals surface area (Å²) >= 11 is 0. The van der Waals surface area contributed by atoms with E-state index in [-0.39, 0.29) is 16.9 Å². The molecular formula is C10H9F3N2O3. The molecule has 0 aliphatic rings. The molecular weight excluding hydrogens is 253 g/mol. The number of benzene rings is 1. The van der Waals surface area contributed by atoms with Crippen molar-refractivity contribution in [2.75, 3.05) is 18.2 Å². The summed E-state index contributed by atoms with van der Waals surface area (Å²) in [6.45, 7) is 0. The van der Waals surface area contributed by atoms with Crippen LogP contribution in [0.15, 0.2) is 18.2 Å². The van der Waals surface area contributed by atoms with Gasteiger partial charge >= 0.3 is 18.1 Å². The van der Waals surface area contributed by atoms with Crippen LogP contribution in [0.4, 0.5) is 24.5 Å². The van der Waals surface area contributed by atoms with Crippen LogP contribution in [0.5, 0.6) is 0 Å². The van der Waals surface area contributed by atoms with Gasteiger partial charge in [0.15, 0.2) is 0 Å². The first-order chi connectivity index (χ1) is 8.25. The Morgan fingerprint density at radius 2 is 1.94 bits per heavy atom. The number of ether oxygens (including phenoxy) is 1. The fraction of sp³-hybridized carbons (Fsp3) is 0.200. The number of nitrogens with one attached hydrogen (secondary N) is 1. The maximum absolute atomic E-state index is 12.1. The molecule has 0 heterocycles. The third-order valence-corrected chi connectivity index (χ3v) is 1.95. The number of anilines is 2. The smallest absolute Gasteiger partial charge is 0.465 e. The number of halogens is 3. The number of alkyl halides is 3. The van der Waals surface area contributed by atoms with Crippen LogP contribution in [0, 0.1) is 0 Å². The molecule has 0 atom stereocenters. The molecule has 0 saturated heterocycles. The molecule has 0 bridgehead atoms. The summed E-state index contributed by atoms with van der Waals surface area (Å²) in [5.74, 6) is -3.08. The lowest BCUT2D eigenvalue weighted by atomic mass is 10.1. The van der Waals surface area contributed by atoms with Gasteiger partial charge < -0.3 is 15.8 Å². The average Bonchev–Trinajstić information content (AvgIpc) is 2.27. The molecule has 98 valence electrons. The Kier molecular flexibility index (Phi) is 3.79. The van der Waals surface area contributed by atoms with Gasteiger partial charge in [0.2, 0.25) is 0 Å². The summed E-state index contributed by atoms with van der Waals surface area (Å²) in [7, 11) is 1.06.